The molecule has 2 rings (SSSR count). The Morgan fingerprint density at radius 2 is 1.44 bits per heavy atom. The van der Waals surface area contributed by atoms with E-state index >= 15 is 0 Å². The molecule has 0 spiro atoms. The van der Waals surface area contributed by atoms with E-state index < -0.39 is 0 Å². The fourth-order valence-electron chi connectivity index (χ4n) is 2.79. The molecular weight excluding hydrogens is 310 g/mol. The molecule has 0 heterocycles. The summed E-state index contributed by atoms with van der Waals surface area (Å²) in [6.45, 7) is 5.56. The minimum Gasteiger partial charge on any atom is -0.324 e. The number of nitrogens with zero attached hydrogens (tertiary/aromatic N) is 1. The van der Waals surface area contributed by atoms with Crippen LogP contribution in [0, 0.1) is 5.92 Å². The SMILES string of the molecule is CC(C)C(=O)CC[N+](C)(C)Cc1ccc(C(=O)c2ccccc2)cc1. The van der Waals surface area contributed by atoms with Crippen LogP contribution in [0.15, 0.2) is 54.6 Å². The van der Waals surface area contributed by atoms with Crippen molar-refractivity contribution in [2.75, 3.05) is 20.6 Å². The molecule has 0 fully saturated rings. The summed E-state index contributed by atoms with van der Waals surface area (Å²) < 4.78 is 0.754. The molecule has 0 aliphatic rings. The zero-order valence-electron chi connectivity index (χ0n) is 15.7. The number of carbonyl (C=O) groups is 2. The molecule has 0 unspecified atom stereocenters. The van der Waals surface area contributed by atoms with Gasteiger partial charge >= 0.3 is 0 Å². The van der Waals surface area contributed by atoms with E-state index in [0.717, 1.165) is 17.6 Å². The van der Waals surface area contributed by atoms with E-state index in [9.17, 15) is 9.59 Å². The van der Waals surface area contributed by atoms with Crippen LogP contribution >= 0.6 is 0 Å². The van der Waals surface area contributed by atoms with Gasteiger partial charge in [-0.1, -0.05) is 68.4 Å². The van der Waals surface area contributed by atoms with E-state index in [1.807, 2.05) is 68.4 Å². The number of rotatable bonds is 8. The number of benzene rings is 2. The van der Waals surface area contributed by atoms with Gasteiger partial charge in [0.1, 0.15) is 12.3 Å². The first kappa shape index (κ1) is 19.1. The Balaban J connectivity index is 2.00. The number of hydrogen-bond acceptors (Lipinski definition) is 2. The van der Waals surface area contributed by atoms with Crippen molar-refractivity contribution in [1.29, 1.82) is 0 Å². The molecule has 0 N–H and O–H groups in total. The molecular formula is C22H28NO2+. The first-order valence-electron chi connectivity index (χ1n) is 8.82. The summed E-state index contributed by atoms with van der Waals surface area (Å²) in [4.78, 5) is 24.3. The highest BCUT2D eigenvalue weighted by Crippen LogP contribution is 2.15. The zero-order chi connectivity index (χ0) is 18.4. The minimum atomic E-state index is 0.0448. The Hall–Kier alpha value is -2.26. The van der Waals surface area contributed by atoms with Gasteiger partial charge in [0, 0.05) is 22.6 Å². The Morgan fingerprint density at radius 1 is 0.880 bits per heavy atom. The number of hydrogen-bond donors (Lipinski definition) is 0. The zero-order valence-corrected chi connectivity index (χ0v) is 15.7. The molecule has 0 atom stereocenters. The lowest BCUT2D eigenvalue weighted by molar-refractivity contribution is -0.903. The van der Waals surface area contributed by atoms with Gasteiger partial charge in [0.05, 0.1) is 27.1 Å². The molecule has 2 aromatic rings. The second kappa shape index (κ2) is 8.21. The van der Waals surface area contributed by atoms with Crippen molar-refractivity contribution < 1.29 is 14.1 Å². The summed E-state index contributed by atoms with van der Waals surface area (Å²) in [7, 11) is 4.27. The van der Waals surface area contributed by atoms with Crippen LogP contribution in [0.25, 0.3) is 0 Å². The maximum absolute atomic E-state index is 12.4. The van der Waals surface area contributed by atoms with Gasteiger partial charge in [-0.05, 0) is 0 Å². The summed E-state index contributed by atoms with van der Waals surface area (Å²) in [5.41, 5.74) is 2.58. The average Bonchev–Trinajstić information content (AvgIpc) is 2.60. The standard InChI is InChI=1S/C22H28NO2/c1-17(2)21(24)14-15-23(3,4)16-18-10-12-20(13-11-18)22(25)19-8-6-5-7-9-19/h5-13,17H,14-16H2,1-4H3/q+1. The Bertz CT molecular complexity index is 715. The summed E-state index contributed by atoms with van der Waals surface area (Å²) in [6.07, 6.45) is 0.606. The van der Waals surface area contributed by atoms with E-state index in [1.54, 1.807) is 0 Å². The molecule has 0 aliphatic carbocycles. The first-order valence-corrected chi connectivity index (χ1v) is 8.82. The van der Waals surface area contributed by atoms with Crippen molar-refractivity contribution in [3.63, 3.8) is 0 Å². The van der Waals surface area contributed by atoms with Crippen LogP contribution < -0.4 is 0 Å². The van der Waals surface area contributed by atoms with Gasteiger partial charge in [-0.25, -0.2) is 0 Å². The van der Waals surface area contributed by atoms with Crippen molar-refractivity contribution in [3.8, 4) is 0 Å². The molecule has 0 bridgehead atoms. The Morgan fingerprint density at radius 3 is 2.00 bits per heavy atom. The monoisotopic (exact) mass is 338 g/mol. The van der Waals surface area contributed by atoms with Gasteiger partial charge in [-0.3, -0.25) is 9.59 Å². The highest BCUT2D eigenvalue weighted by atomic mass is 16.1. The third-order valence-electron chi connectivity index (χ3n) is 4.47. The topological polar surface area (TPSA) is 34.1 Å². The van der Waals surface area contributed by atoms with Crippen molar-refractivity contribution >= 4 is 11.6 Å². The number of Topliss-reactive ketones (excluding diaryl/α,β-unsaturated/α-hetero) is 1. The lowest BCUT2D eigenvalue weighted by Crippen LogP contribution is -2.40. The third kappa shape index (κ3) is 5.64. The Labute approximate surface area is 150 Å². The molecule has 0 saturated heterocycles. The molecule has 0 saturated carbocycles. The molecule has 25 heavy (non-hydrogen) atoms. The lowest BCUT2D eigenvalue weighted by Gasteiger charge is -2.30. The number of quaternary nitrogens is 1. The highest BCUT2D eigenvalue weighted by Gasteiger charge is 2.19. The Kier molecular flexibility index (Phi) is 6.27. The smallest absolute Gasteiger partial charge is 0.193 e. The number of ketones is 2. The molecule has 0 aliphatic heterocycles. The van der Waals surface area contributed by atoms with Gasteiger partial charge in [0.25, 0.3) is 0 Å². The predicted octanol–water partition coefficient (Wildman–Crippen LogP) is 4.11. The summed E-state index contributed by atoms with van der Waals surface area (Å²) in [5, 5.41) is 0. The van der Waals surface area contributed by atoms with E-state index in [1.165, 1.54) is 5.56 Å². The molecule has 3 nitrogen and oxygen atoms in total. The molecule has 132 valence electrons. The second-order valence-corrected chi connectivity index (χ2v) is 7.58. The summed E-state index contributed by atoms with van der Waals surface area (Å²) >= 11 is 0. The van der Waals surface area contributed by atoms with Crippen LogP contribution in [0.2, 0.25) is 0 Å². The second-order valence-electron chi connectivity index (χ2n) is 7.58. The summed E-state index contributed by atoms with van der Waals surface area (Å²) in [6, 6.07) is 17.1. The molecule has 0 amide bonds. The van der Waals surface area contributed by atoms with Crippen LogP contribution in [0.1, 0.15) is 41.8 Å². The van der Waals surface area contributed by atoms with Crippen LogP contribution in [-0.4, -0.2) is 36.7 Å². The minimum absolute atomic E-state index is 0.0448. The van der Waals surface area contributed by atoms with E-state index in [2.05, 4.69) is 14.1 Å². The lowest BCUT2D eigenvalue weighted by atomic mass is 10.0. The van der Waals surface area contributed by atoms with Crippen molar-refractivity contribution in [3.05, 3.63) is 71.3 Å². The van der Waals surface area contributed by atoms with Gasteiger partial charge in [-0.15, -0.1) is 0 Å². The van der Waals surface area contributed by atoms with Crippen LogP contribution in [0.4, 0.5) is 0 Å². The molecule has 0 radical (unpaired) electrons. The maximum Gasteiger partial charge on any atom is 0.193 e. The normalized spacial score (nSPS) is 11.6. The third-order valence-corrected chi connectivity index (χ3v) is 4.47. The molecule has 0 aromatic heterocycles. The van der Waals surface area contributed by atoms with E-state index in [4.69, 9.17) is 0 Å². The van der Waals surface area contributed by atoms with Crippen molar-refractivity contribution in [2.45, 2.75) is 26.8 Å². The van der Waals surface area contributed by atoms with Gasteiger partial charge in [-0.2, -0.15) is 0 Å². The number of carbonyl (C=O) groups excluding carboxylic acids is 2. The highest BCUT2D eigenvalue weighted by molar-refractivity contribution is 6.08. The van der Waals surface area contributed by atoms with Crippen molar-refractivity contribution in [2.24, 2.45) is 5.92 Å². The van der Waals surface area contributed by atoms with Gasteiger partial charge in [0.2, 0.25) is 0 Å². The van der Waals surface area contributed by atoms with Crippen LogP contribution in [0.3, 0.4) is 0 Å². The average molecular weight is 338 g/mol. The summed E-state index contributed by atoms with van der Waals surface area (Å²) in [5.74, 6) is 0.460. The first-order chi connectivity index (χ1) is 11.8. The molecule has 3 heteroatoms. The quantitative estimate of drug-likeness (QED) is 0.536. The largest absolute Gasteiger partial charge is 0.324 e. The maximum atomic E-state index is 12.4. The van der Waals surface area contributed by atoms with Crippen LogP contribution in [0.5, 0.6) is 0 Å². The molecule has 2 aromatic carbocycles. The fraction of sp³-hybridized carbons (Fsp3) is 0.364. The predicted molar refractivity (Wildman–Crippen MR) is 101 cm³/mol. The van der Waals surface area contributed by atoms with Gasteiger partial charge < -0.3 is 4.48 Å². The van der Waals surface area contributed by atoms with Crippen LogP contribution in [-0.2, 0) is 11.3 Å². The van der Waals surface area contributed by atoms with Gasteiger partial charge in [0.15, 0.2) is 5.78 Å². The van der Waals surface area contributed by atoms with E-state index in [0.29, 0.717) is 23.3 Å². The van der Waals surface area contributed by atoms with Crippen molar-refractivity contribution in [1.82, 2.24) is 0 Å². The fourth-order valence-corrected chi connectivity index (χ4v) is 2.79. The van der Waals surface area contributed by atoms with E-state index in [-0.39, 0.29) is 11.7 Å².